The van der Waals surface area contributed by atoms with Gasteiger partial charge in [-0.15, -0.1) is 0 Å². The molecule has 1 unspecified atom stereocenters. The predicted molar refractivity (Wildman–Crippen MR) is 79.5 cm³/mol. The minimum Gasteiger partial charge on any atom is -0.383 e. The molecule has 6 heteroatoms. The second-order valence-electron chi connectivity index (χ2n) is 5.16. The van der Waals surface area contributed by atoms with Gasteiger partial charge in [-0.2, -0.15) is 0 Å². The standard InChI is InChI=1S/C15H22FN3O2/c1-21-9-7-18-10-11-12(16)4-2-5-13(11)19-8-3-6-14(19)15(17)20/h2,4-5,14,18H,3,6-10H2,1H3,(H2,17,20). The van der Waals surface area contributed by atoms with Crippen LogP contribution in [0.1, 0.15) is 18.4 Å². The van der Waals surface area contributed by atoms with Gasteiger partial charge in [-0.1, -0.05) is 6.07 Å². The van der Waals surface area contributed by atoms with E-state index in [1.807, 2.05) is 11.0 Å². The van der Waals surface area contributed by atoms with Crippen molar-refractivity contribution in [1.29, 1.82) is 0 Å². The molecule has 1 atom stereocenters. The fourth-order valence-corrected chi connectivity index (χ4v) is 2.73. The van der Waals surface area contributed by atoms with Crippen molar-refractivity contribution in [3.63, 3.8) is 0 Å². The van der Waals surface area contributed by atoms with E-state index in [-0.39, 0.29) is 17.8 Å². The topological polar surface area (TPSA) is 67.6 Å². The van der Waals surface area contributed by atoms with Crippen LogP contribution < -0.4 is 16.0 Å². The van der Waals surface area contributed by atoms with Gasteiger partial charge in [0.05, 0.1) is 6.61 Å². The lowest BCUT2D eigenvalue weighted by molar-refractivity contribution is -0.119. The number of nitrogens with one attached hydrogen (secondary N) is 1. The molecule has 0 saturated carbocycles. The zero-order valence-electron chi connectivity index (χ0n) is 12.3. The highest BCUT2D eigenvalue weighted by Crippen LogP contribution is 2.30. The Morgan fingerprint density at radius 3 is 3.10 bits per heavy atom. The van der Waals surface area contributed by atoms with Crippen LogP contribution in [0.15, 0.2) is 18.2 Å². The van der Waals surface area contributed by atoms with E-state index in [1.54, 1.807) is 13.2 Å². The van der Waals surface area contributed by atoms with Crippen molar-refractivity contribution >= 4 is 11.6 Å². The fraction of sp³-hybridized carbons (Fsp3) is 0.533. The van der Waals surface area contributed by atoms with Crippen LogP contribution in [0.25, 0.3) is 0 Å². The van der Waals surface area contributed by atoms with Crippen molar-refractivity contribution in [3.05, 3.63) is 29.6 Å². The largest absolute Gasteiger partial charge is 0.383 e. The van der Waals surface area contributed by atoms with Crippen molar-refractivity contribution in [1.82, 2.24) is 5.32 Å². The molecule has 0 aromatic heterocycles. The van der Waals surface area contributed by atoms with Crippen LogP contribution >= 0.6 is 0 Å². The summed E-state index contributed by atoms with van der Waals surface area (Å²) in [5.41, 5.74) is 6.77. The minimum absolute atomic E-state index is 0.271. The van der Waals surface area contributed by atoms with Crippen molar-refractivity contribution in [2.24, 2.45) is 5.73 Å². The number of anilines is 1. The molecule has 1 heterocycles. The SMILES string of the molecule is COCCNCc1c(F)cccc1N1CCCC1C(N)=O. The lowest BCUT2D eigenvalue weighted by Gasteiger charge is -2.27. The molecule has 1 aromatic rings. The van der Waals surface area contributed by atoms with Crippen LogP contribution in [0.2, 0.25) is 0 Å². The first-order valence-electron chi connectivity index (χ1n) is 7.18. The van der Waals surface area contributed by atoms with E-state index in [0.29, 0.717) is 25.3 Å². The second-order valence-corrected chi connectivity index (χ2v) is 5.16. The summed E-state index contributed by atoms with van der Waals surface area (Å²) in [6.45, 7) is 2.33. The molecule has 1 aliphatic rings. The number of nitrogens with two attached hydrogens (primary N) is 1. The number of amides is 1. The molecule has 0 spiro atoms. The zero-order valence-corrected chi connectivity index (χ0v) is 12.3. The molecule has 0 bridgehead atoms. The van der Waals surface area contributed by atoms with E-state index >= 15 is 0 Å². The maximum atomic E-state index is 14.1. The molecule has 2 rings (SSSR count). The molecule has 1 fully saturated rings. The van der Waals surface area contributed by atoms with Crippen LogP contribution in [-0.4, -0.2) is 38.8 Å². The first-order chi connectivity index (χ1) is 10.1. The number of primary amides is 1. The van der Waals surface area contributed by atoms with Crippen LogP contribution in [-0.2, 0) is 16.1 Å². The molecule has 3 N–H and O–H groups in total. The van der Waals surface area contributed by atoms with Gasteiger partial charge in [-0.25, -0.2) is 4.39 Å². The van der Waals surface area contributed by atoms with Gasteiger partial charge in [0.15, 0.2) is 0 Å². The second kappa shape index (κ2) is 7.38. The summed E-state index contributed by atoms with van der Waals surface area (Å²) in [4.78, 5) is 13.5. The van der Waals surface area contributed by atoms with Crippen LogP contribution in [0, 0.1) is 5.82 Å². The molecule has 1 saturated heterocycles. The van der Waals surface area contributed by atoms with Crippen LogP contribution in [0.4, 0.5) is 10.1 Å². The average molecular weight is 295 g/mol. The normalized spacial score (nSPS) is 18.2. The molecule has 116 valence electrons. The van der Waals surface area contributed by atoms with Gasteiger partial charge < -0.3 is 20.7 Å². The number of carbonyl (C=O) groups excluding carboxylic acids is 1. The Hall–Kier alpha value is -1.66. The van der Waals surface area contributed by atoms with Crippen molar-refractivity contribution in [3.8, 4) is 0 Å². The van der Waals surface area contributed by atoms with E-state index in [4.69, 9.17) is 10.5 Å². The fourth-order valence-electron chi connectivity index (χ4n) is 2.73. The van der Waals surface area contributed by atoms with Crippen molar-refractivity contribution in [2.45, 2.75) is 25.4 Å². The van der Waals surface area contributed by atoms with Crippen LogP contribution in [0.5, 0.6) is 0 Å². The average Bonchev–Trinajstić information content (AvgIpc) is 2.94. The third-order valence-corrected chi connectivity index (χ3v) is 3.77. The van der Waals surface area contributed by atoms with Gasteiger partial charge in [0, 0.05) is 38.0 Å². The summed E-state index contributed by atoms with van der Waals surface area (Å²) >= 11 is 0. The Morgan fingerprint density at radius 1 is 1.57 bits per heavy atom. The van der Waals surface area contributed by atoms with Crippen molar-refractivity contribution in [2.75, 3.05) is 31.7 Å². The number of methoxy groups -OCH3 is 1. The van der Waals surface area contributed by atoms with Gasteiger partial charge in [0.1, 0.15) is 11.9 Å². The maximum absolute atomic E-state index is 14.1. The molecule has 1 aromatic carbocycles. The number of ether oxygens (including phenoxy) is 1. The van der Waals surface area contributed by atoms with E-state index < -0.39 is 0 Å². The Labute approximate surface area is 124 Å². The molecule has 1 aliphatic heterocycles. The zero-order chi connectivity index (χ0) is 15.2. The van der Waals surface area contributed by atoms with Crippen LogP contribution in [0.3, 0.4) is 0 Å². The molecule has 5 nitrogen and oxygen atoms in total. The molecule has 0 radical (unpaired) electrons. The third kappa shape index (κ3) is 3.71. The number of rotatable bonds is 7. The molecular formula is C15H22FN3O2. The summed E-state index contributed by atoms with van der Waals surface area (Å²) in [6.07, 6.45) is 1.61. The Balaban J connectivity index is 2.18. The molecule has 21 heavy (non-hydrogen) atoms. The minimum atomic E-state index is -0.352. The molecule has 1 amide bonds. The number of benzene rings is 1. The summed E-state index contributed by atoms with van der Waals surface area (Å²) < 4.78 is 19.1. The Morgan fingerprint density at radius 2 is 2.38 bits per heavy atom. The van der Waals surface area contributed by atoms with Gasteiger partial charge in [-0.3, -0.25) is 4.79 Å². The predicted octanol–water partition coefficient (Wildman–Crippen LogP) is 1.02. The highest BCUT2D eigenvalue weighted by atomic mass is 19.1. The number of carbonyl (C=O) groups is 1. The van der Waals surface area contributed by atoms with E-state index in [0.717, 1.165) is 25.1 Å². The monoisotopic (exact) mass is 295 g/mol. The van der Waals surface area contributed by atoms with Gasteiger partial charge >= 0.3 is 0 Å². The van der Waals surface area contributed by atoms with Gasteiger partial charge in [0.2, 0.25) is 5.91 Å². The third-order valence-electron chi connectivity index (χ3n) is 3.77. The molecule has 0 aliphatic carbocycles. The van der Waals surface area contributed by atoms with Crippen molar-refractivity contribution < 1.29 is 13.9 Å². The lowest BCUT2D eigenvalue weighted by atomic mass is 10.1. The number of nitrogens with zero attached hydrogens (tertiary/aromatic N) is 1. The first-order valence-corrected chi connectivity index (χ1v) is 7.18. The van der Waals surface area contributed by atoms with Gasteiger partial charge in [-0.05, 0) is 25.0 Å². The summed E-state index contributed by atoms with van der Waals surface area (Å²) in [5, 5.41) is 3.14. The quantitative estimate of drug-likeness (QED) is 0.737. The summed E-state index contributed by atoms with van der Waals surface area (Å²) in [5.74, 6) is -0.623. The van der Waals surface area contributed by atoms with Gasteiger partial charge in [0.25, 0.3) is 0 Å². The van der Waals surface area contributed by atoms with E-state index in [2.05, 4.69) is 5.32 Å². The Kier molecular flexibility index (Phi) is 5.52. The maximum Gasteiger partial charge on any atom is 0.240 e. The first kappa shape index (κ1) is 15.7. The van der Waals surface area contributed by atoms with E-state index in [9.17, 15) is 9.18 Å². The summed E-state index contributed by atoms with van der Waals surface area (Å²) in [7, 11) is 1.62. The summed E-state index contributed by atoms with van der Waals surface area (Å²) in [6, 6.07) is 4.60. The smallest absolute Gasteiger partial charge is 0.240 e. The number of hydrogen-bond donors (Lipinski definition) is 2. The highest BCUT2D eigenvalue weighted by Gasteiger charge is 2.30. The highest BCUT2D eigenvalue weighted by molar-refractivity contribution is 5.84. The molecular weight excluding hydrogens is 273 g/mol. The number of halogens is 1. The lowest BCUT2D eigenvalue weighted by Crippen LogP contribution is -2.41. The number of hydrogen-bond acceptors (Lipinski definition) is 4. The van der Waals surface area contributed by atoms with E-state index in [1.165, 1.54) is 6.07 Å². The Bertz CT molecular complexity index is 496.